The number of fused-ring (bicyclic) bond motifs is 4. The van der Waals surface area contributed by atoms with Gasteiger partial charge in [0, 0.05) is 76.6 Å². The van der Waals surface area contributed by atoms with Crippen molar-refractivity contribution in [3.05, 3.63) is 72.9 Å². The Morgan fingerprint density at radius 3 is 2.76 bits per heavy atom. The summed E-state index contributed by atoms with van der Waals surface area (Å²) in [5.41, 5.74) is 7.13. The molecule has 1 amide bonds. The number of nitrogens with one attached hydrogen (secondary N) is 1. The highest BCUT2D eigenvalue weighted by atomic mass is 16.6. The van der Waals surface area contributed by atoms with Gasteiger partial charge in [-0.05, 0) is 62.4 Å². The molecule has 0 spiro atoms. The Hall–Kier alpha value is -4.20. The van der Waals surface area contributed by atoms with E-state index in [0.717, 1.165) is 70.3 Å². The quantitative estimate of drug-likeness (QED) is 0.342. The number of amides is 1. The van der Waals surface area contributed by atoms with E-state index in [-0.39, 0.29) is 18.2 Å². The number of aromatic nitrogens is 5. The van der Waals surface area contributed by atoms with Crippen LogP contribution in [0.4, 0.5) is 4.79 Å². The summed E-state index contributed by atoms with van der Waals surface area (Å²) in [6.45, 7) is 2.28. The van der Waals surface area contributed by atoms with E-state index in [9.17, 15) is 4.79 Å². The second-order valence-corrected chi connectivity index (χ2v) is 9.99. The number of hydrogen-bond donors (Lipinski definition) is 1. The van der Waals surface area contributed by atoms with Crippen molar-refractivity contribution in [2.24, 2.45) is 0 Å². The van der Waals surface area contributed by atoms with Crippen molar-refractivity contribution in [1.29, 1.82) is 0 Å². The Bertz CT molecular complexity index is 1610. The molecule has 1 N–H and O–H groups in total. The molecule has 6 heterocycles. The maximum absolute atomic E-state index is 12.6. The number of hydrogen-bond acceptors (Lipinski definition) is 5. The normalized spacial score (nSPS) is 21.1. The number of rotatable bonds is 4. The molecule has 2 fully saturated rings. The Morgan fingerprint density at radius 1 is 1.05 bits per heavy atom. The number of nitrogens with zero attached hydrogens (tertiary/aromatic N) is 5. The van der Waals surface area contributed by atoms with Gasteiger partial charge in [-0.3, -0.25) is 4.98 Å². The van der Waals surface area contributed by atoms with Gasteiger partial charge in [-0.25, -0.2) is 14.3 Å². The molecule has 2 saturated heterocycles. The second-order valence-electron chi connectivity index (χ2n) is 9.99. The summed E-state index contributed by atoms with van der Waals surface area (Å²) in [5, 5.41) is 6.24. The van der Waals surface area contributed by atoms with Crippen LogP contribution in [-0.2, 0) is 4.74 Å². The van der Waals surface area contributed by atoms with Crippen molar-refractivity contribution in [3.8, 4) is 22.4 Å². The zero-order chi connectivity index (χ0) is 24.9. The summed E-state index contributed by atoms with van der Waals surface area (Å²) in [6.07, 6.45) is 11.3. The van der Waals surface area contributed by atoms with Gasteiger partial charge in [0.15, 0.2) is 5.65 Å². The van der Waals surface area contributed by atoms with Crippen LogP contribution in [0, 0.1) is 0 Å². The molecule has 0 aliphatic carbocycles. The van der Waals surface area contributed by atoms with E-state index < -0.39 is 0 Å². The molecule has 2 unspecified atom stereocenters. The first-order valence-electron chi connectivity index (χ1n) is 13.0. The van der Waals surface area contributed by atoms with Crippen LogP contribution in [0.2, 0.25) is 0 Å². The molecule has 8 nitrogen and oxygen atoms in total. The third kappa shape index (κ3) is 3.58. The first kappa shape index (κ1) is 22.0. The Balaban J connectivity index is 1.27. The Morgan fingerprint density at radius 2 is 1.92 bits per heavy atom. The van der Waals surface area contributed by atoms with Crippen LogP contribution in [0.3, 0.4) is 0 Å². The van der Waals surface area contributed by atoms with Gasteiger partial charge in [-0.1, -0.05) is 12.1 Å². The fourth-order valence-corrected chi connectivity index (χ4v) is 6.42. The largest absolute Gasteiger partial charge is 0.450 e. The zero-order valence-electron chi connectivity index (χ0n) is 20.7. The molecule has 2 aliphatic rings. The van der Waals surface area contributed by atoms with E-state index in [0.29, 0.717) is 12.5 Å². The predicted molar refractivity (Wildman–Crippen MR) is 141 cm³/mol. The van der Waals surface area contributed by atoms with E-state index in [1.165, 1.54) is 0 Å². The minimum Gasteiger partial charge on any atom is -0.450 e. The van der Waals surface area contributed by atoms with E-state index >= 15 is 0 Å². The van der Waals surface area contributed by atoms with Crippen molar-refractivity contribution in [2.45, 2.75) is 50.6 Å². The summed E-state index contributed by atoms with van der Waals surface area (Å²) in [5.74, 6) is 0.312. The number of benzene rings is 1. The van der Waals surface area contributed by atoms with Gasteiger partial charge in [-0.2, -0.15) is 5.10 Å². The van der Waals surface area contributed by atoms with E-state index in [2.05, 4.69) is 51.4 Å². The fourth-order valence-electron chi connectivity index (χ4n) is 6.42. The van der Waals surface area contributed by atoms with Crippen LogP contribution in [-0.4, -0.2) is 54.2 Å². The van der Waals surface area contributed by atoms with Crippen LogP contribution in [0.5, 0.6) is 0 Å². The SMILES string of the molecule is CCOC(=O)N1C2CCC1CC(c1ccnc3cc(-c4ccncc4-c4cccc5[nH]ccc45)nn13)C2. The fraction of sp³-hybridized carbons (Fsp3) is 0.310. The smallest absolute Gasteiger partial charge is 0.410 e. The number of H-pyrrole nitrogens is 1. The summed E-state index contributed by atoms with van der Waals surface area (Å²) in [7, 11) is 0. The minimum absolute atomic E-state index is 0.169. The molecular formula is C29H28N6O2. The van der Waals surface area contributed by atoms with Gasteiger partial charge < -0.3 is 14.6 Å². The van der Waals surface area contributed by atoms with Gasteiger partial charge in [0.25, 0.3) is 0 Å². The monoisotopic (exact) mass is 492 g/mol. The van der Waals surface area contributed by atoms with Gasteiger partial charge >= 0.3 is 6.09 Å². The predicted octanol–water partition coefficient (Wildman–Crippen LogP) is 5.81. The third-order valence-electron chi connectivity index (χ3n) is 8.00. The molecule has 8 heteroatoms. The average Bonchev–Trinajstić information content (AvgIpc) is 3.64. The summed E-state index contributed by atoms with van der Waals surface area (Å²) in [6, 6.07) is 15.0. The van der Waals surface area contributed by atoms with Crippen molar-refractivity contribution in [3.63, 3.8) is 0 Å². The van der Waals surface area contributed by atoms with E-state index in [1.807, 2.05) is 47.2 Å². The number of piperidine rings is 1. The first-order valence-corrected chi connectivity index (χ1v) is 13.0. The lowest BCUT2D eigenvalue weighted by atomic mass is 9.88. The highest BCUT2D eigenvalue weighted by Crippen LogP contribution is 2.43. The van der Waals surface area contributed by atoms with E-state index in [4.69, 9.17) is 9.84 Å². The number of aromatic amines is 1. The van der Waals surface area contributed by atoms with Gasteiger partial charge in [0.2, 0.25) is 0 Å². The molecule has 37 heavy (non-hydrogen) atoms. The first-order chi connectivity index (χ1) is 18.2. The van der Waals surface area contributed by atoms with Crippen LogP contribution in [0.15, 0.2) is 67.3 Å². The Kier molecular flexibility index (Phi) is 5.20. The standard InChI is InChI=1S/C29H28N6O2/c1-2-37-29(36)34-19-6-7-20(34)15-18(14-19)27-10-13-32-28-16-26(33-35(27)28)23-8-11-30-17-24(23)21-4-3-5-25-22(21)9-12-31-25/h3-5,8-13,16-20,31H,2,6-7,14-15H2,1H3. The van der Waals surface area contributed by atoms with Gasteiger partial charge in [0.1, 0.15) is 0 Å². The lowest BCUT2D eigenvalue weighted by molar-refractivity contribution is 0.0685. The van der Waals surface area contributed by atoms with Crippen molar-refractivity contribution < 1.29 is 9.53 Å². The molecule has 0 saturated carbocycles. The molecule has 1 aromatic carbocycles. The molecule has 5 aromatic rings. The summed E-state index contributed by atoms with van der Waals surface area (Å²) in [4.78, 5) is 26.9. The van der Waals surface area contributed by atoms with Crippen molar-refractivity contribution in [1.82, 2.24) is 29.5 Å². The summed E-state index contributed by atoms with van der Waals surface area (Å²) >= 11 is 0. The van der Waals surface area contributed by atoms with Gasteiger partial charge in [0.05, 0.1) is 12.3 Å². The molecule has 186 valence electrons. The number of carbonyl (C=O) groups is 1. The highest BCUT2D eigenvalue weighted by Gasteiger charge is 2.44. The van der Waals surface area contributed by atoms with E-state index in [1.54, 1.807) is 0 Å². The number of carbonyl (C=O) groups excluding carboxylic acids is 1. The molecule has 2 aliphatic heterocycles. The third-order valence-corrected chi connectivity index (χ3v) is 8.00. The molecule has 0 radical (unpaired) electrons. The average molecular weight is 493 g/mol. The van der Waals surface area contributed by atoms with Gasteiger partial charge in [-0.15, -0.1) is 0 Å². The molecule has 7 rings (SSSR count). The van der Waals surface area contributed by atoms with Crippen molar-refractivity contribution >= 4 is 22.6 Å². The second kappa shape index (κ2) is 8.73. The number of pyridine rings is 1. The maximum Gasteiger partial charge on any atom is 0.410 e. The minimum atomic E-state index is -0.169. The number of ether oxygens (including phenoxy) is 1. The van der Waals surface area contributed by atoms with Crippen LogP contribution < -0.4 is 0 Å². The van der Waals surface area contributed by atoms with Crippen LogP contribution in [0.25, 0.3) is 38.9 Å². The summed E-state index contributed by atoms with van der Waals surface area (Å²) < 4.78 is 7.35. The lowest BCUT2D eigenvalue weighted by Gasteiger charge is -2.38. The Labute approximate surface area is 214 Å². The maximum atomic E-state index is 12.6. The van der Waals surface area contributed by atoms with Crippen LogP contribution in [0.1, 0.15) is 44.2 Å². The van der Waals surface area contributed by atoms with Crippen molar-refractivity contribution in [2.75, 3.05) is 6.61 Å². The molecular weight excluding hydrogens is 464 g/mol. The van der Waals surface area contributed by atoms with Crippen LogP contribution >= 0.6 is 0 Å². The lowest BCUT2D eigenvalue weighted by Crippen LogP contribution is -2.46. The molecule has 4 aromatic heterocycles. The molecule has 2 bridgehead atoms. The highest BCUT2D eigenvalue weighted by molar-refractivity contribution is 5.98. The zero-order valence-corrected chi connectivity index (χ0v) is 20.7. The molecule has 2 atom stereocenters. The topological polar surface area (TPSA) is 88.4 Å².